The van der Waals surface area contributed by atoms with Crippen molar-refractivity contribution in [1.82, 2.24) is 15.3 Å². The maximum Gasteiger partial charge on any atom is 0.290 e. The molecule has 2 N–H and O–H groups in total. The molecule has 2 aromatic rings. The van der Waals surface area contributed by atoms with Crippen molar-refractivity contribution < 1.29 is 23.4 Å². The Hall–Kier alpha value is -2.65. The first kappa shape index (κ1) is 20.0. The zero-order valence-electron chi connectivity index (χ0n) is 17.7. The van der Waals surface area contributed by atoms with E-state index in [9.17, 15) is 18.7 Å². The van der Waals surface area contributed by atoms with Crippen LogP contribution >= 0.6 is 0 Å². The molecule has 3 aliphatic heterocycles. The third kappa shape index (κ3) is 2.80. The van der Waals surface area contributed by atoms with Crippen LogP contribution in [0.4, 0.5) is 14.7 Å². The Morgan fingerprint density at radius 3 is 2.81 bits per heavy atom. The number of hydrogen-bond donors (Lipinski definition) is 2. The van der Waals surface area contributed by atoms with Crippen LogP contribution in [0.5, 0.6) is 0 Å². The summed E-state index contributed by atoms with van der Waals surface area (Å²) in [4.78, 5) is 22.6. The Bertz CT molecular complexity index is 1140. The highest BCUT2D eigenvalue weighted by Gasteiger charge is 2.46. The zero-order valence-corrected chi connectivity index (χ0v) is 17.7. The van der Waals surface area contributed by atoms with E-state index in [1.165, 1.54) is 0 Å². The third-order valence-corrected chi connectivity index (χ3v) is 7.38. The smallest absolute Gasteiger partial charge is 0.290 e. The molecular weight excluding hydrogens is 418 g/mol. The van der Waals surface area contributed by atoms with Crippen LogP contribution in [0.3, 0.4) is 0 Å². The number of aliphatic hydroxyl groups is 1. The van der Waals surface area contributed by atoms with E-state index < -0.39 is 17.6 Å². The van der Waals surface area contributed by atoms with Crippen molar-refractivity contribution in [3.8, 4) is 11.3 Å². The summed E-state index contributed by atoms with van der Waals surface area (Å²) in [5, 5.41) is 13.0. The van der Waals surface area contributed by atoms with Gasteiger partial charge in [-0.05, 0) is 37.0 Å². The quantitative estimate of drug-likeness (QED) is 0.743. The highest BCUT2D eigenvalue weighted by atomic mass is 19.3. The molecule has 6 rings (SSSR count). The van der Waals surface area contributed by atoms with Gasteiger partial charge in [-0.3, -0.25) is 4.79 Å². The van der Waals surface area contributed by atoms with E-state index >= 15 is 0 Å². The summed E-state index contributed by atoms with van der Waals surface area (Å²) in [6.45, 7) is 2.98. The predicted octanol–water partition coefficient (Wildman–Crippen LogP) is 2.39. The largest absolute Gasteiger partial charge is 0.389 e. The minimum atomic E-state index is -3.00. The molecule has 32 heavy (non-hydrogen) atoms. The lowest BCUT2D eigenvalue weighted by atomic mass is 9.83. The number of carbonyl (C=O) groups excluding carboxylic acids is 1. The number of alkyl halides is 2. The van der Waals surface area contributed by atoms with Crippen molar-refractivity contribution in [3.63, 3.8) is 0 Å². The number of ether oxygens (including phenoxy) is 1. The van der Waals surface area contributed by atoms with Gasteiger partial charge in [0.2, 0.25) is 11.9 Å². The number of benzene rings is 1. The van der Waals surface area contributed by atoms with Crippen LogP contribution in [0.1, 0.15) is 48.6 Å². The lowest BCUT2D eigenvalue weighted by Gasteiger charge is -2.43. The molecule has 0 radical (unpaired) electrons. The number of aliphatic hydroxyl groups excluding tert-OH is 1. The van der Waals surface area contributed by atoms with Crippen molar-refractivity contribution in [2.75, 3.05) is 18.1 Å². The summed E-state index contributed by atoms with van der Waals surface area (Å²) in [5.41, 5.74) is 2.95. The number of nitrogens with one attached hydrogen (secondary N) is 1. The van der Waals surface area contributed by atoms with Crippen LogP contribution < -0.4 is 10.2 Å². The normalized spacial score (nSPS) is 30.1. The number of halogens is 2. The number of aromatic nitrogens is 2. The average molecular weight is 442 g/mol. The van der Waals surface area contributed by atoms with Crippen molar-refractivity contribution >= 4 is 11.9 Å². The van der Waals surface area contributed by atoms with Crippen LogP contribution in [0, 0.1) is 0 Å². The highest BCUT2D eigenvalue weighted by molar-refractivity contribution is 5.80. The van der Waals surface area contributed by atoms with Gasteiger partial charge in [-0.25, -0.2) is 9.97 Å². The zero-order chi connectivity index (χ0) is 22.3. The number of β-amino-alcohol motifs (C(OH)–C–C–N with tert-alkyl or cyclic N) is 1. The summed E-state index contributed by atoms with van der Waals surface area (Å²) in [6, 6.07) is 5.58. The molecule has 0 unspecified atom stereocenters. The van der Waals surface area contributed by atoms with E-state index in [2.05, 4.69) is 10.3 Å². The Labute approximate surface area is 183 Å². The number of hydrogen-bond acceptors (Lipinski definition) is 6. The second-order valence-electron chi connectivity index (χ2n) is 9.36. The maximum absolute atomic E-state index is 14.7. The van der Waals surface area contributed by atoms with Crippen molar-refractivity contribution in [3.05, 3.63) is 40.6 Å². The first-order chi connectivity index (χ1) is 15.3. The summed E-state index contributed by atoms with van der Waals surface area (Å²) in [7, 11) is 0. The Morgan fingerprint density at radius 1 is 1.25 bits per heavy atom. The van der Waals surface area contributed by atoms with Gasteiger partial charge in [0.15, 0.2) is 0 Å². The maximum atomic E-state index is 14.7. The molecule has 1 aliphatic carbocycles. The Kier molecular flexibility index (Phi) is 4.17. The van der Waals surface area contributed by atoms with Crippen molar-refractivity contribution in [2.45, 2.75) is 62.8 Å². The minimum absolute atomic E-state index is 0.0110. The number of rotatable bonds is 2. The molecule has 3 atom stereocenters. The predicted molar refractivity (Wildman–Crippen MR) is 111 cm³/mol. The second kappa shape index (κ2) is 6.68. The van der Waals surface area contributed by atoms with Crippen LogP contribution in [-0.4, -0.2) is 46.3 Å². The van der Waals surface area contributed by atoms with Gasteiger partial charge in [0.05, 0.1) is 36.6 Å². The van der Waals surface area contributed by atoms with Gasteiger partial charge in [-0.15, -0.1) is 0 Å². The number of anilines is 1. The Balaban J connectivity index is 1.46. The third-order valence-electron chi connectivity index (χ3n) is 7.38. The molecule has 1 aromatic heterocycles. The molecule has 2 fully saturated rings. The topological polar surface area (TPSA) is 87.6 Å². The monoisotopic (exact) mass is 442 g/mol. The van der Waals surface area contributed by atoms with Gasteiger partial charge in [0, 0.05) is 30.5 Å². The SMILES string of the molecule is C[C@H]1[C@H](O)CN1c1nc(-c2ccc3c(c2)COC[C@@]32CCC(=O)N2)c2c(n1)C(F)(F)CC2. The molecule has 0 bridgehead atoms. The lowest BCUT2D eigenvalue weighted by Crippen LogP contribution is -2.59. The van der Waals surface area contributed by atoms with E-state index in [1.54, 1.807) is 4.90 Å². The van der Waals surface area contributed by atoms with E-state index in [1.807, 2.05) is 25.1 Å². The molecule has 0 saturated carbocycles. The van der Waals surface area contributed by atoms with Gasteiger partial charge in [0.25, 0.3) is 5.92 Å². The number of carbonyl (C=O) groups is 1. The fourth-order valence-electron chi connectivity index (χ4n) is 5.40. The second-order valence-corrected chi connectivity index (χ2v) is 9.36. The van der Waals surface area contributed by atoms with E-state index in [0.29, 0.717) is 43.9 Å². The fourth-order valence-corrected chi connectivity index (χ4v) is 5.40. The standard InChI is InChI=1S/C23H24F2N4O3/c1-12-17(30)9-29(12)21-26-19(15-4-7-23(24,25)20(15)27-21)13-2-3-16-14(8-13)10-32-11-22(16)6-5-18(31)28-22/h2-3,8,12,17,30H,4-7,9-11H2,1H3,(H,28,31)/t12-,17+,22-/m0/s1. The lowest BCUT2D eigenvalue weighted by molar-refractivity contribution is -0.120. The average Bonchev–Trinajstić information content (AvgIpc) is 3.30. The molecule has 1 spiro atoms. The molecular formula is C23H24F2N4O3. The fraction of sp³-hybridized carbons (Fsp3) is 0.522. The molecule has 9 heteroatoms. The van der Waals surface area contributed by atoms with Crippen molar-refractivity contribution in [2.24, 2.45) is 0 Å². The van der Waals surface area contributed by atoms with Crippen LogP contribution in [0.2, 0.25) is 0 Å². The molecule has 1 amide bonds. The highest BCUT2D eigenvalue weighted by Crippen LogP contribution is 2.46. The summed E-state index contributed by atoms with van der Waals surface area (Å²) < 4.78 is 35.1. The molecule has 4 heterocycles. The first-order valence-corrected chi connectivity index (χ1v) is 11.0. The van der Waals surface area contributed by atoms with Crippen LogP contribution in [0.15, 0.2) is 18.2 Å². The molecule has 168 valence electrons. The first-order valence-electron chi connectivity index (χ1n) is 11.0. The number of nitrogens with zero attached hydrogens (tertiary/aromatic N) is 3. The summed E-state index contributed by atoms with van der Waals surface area (Å²) in [6.07, 6.45) is 0.544. The molecule has 2 saturated heterocycles. The van der Waals surface area contributed by atoms with E-state index in [0.717, 1.165) is 16.7 Å². The summed E-state index contributed by atoms with van der Waals surface area (Å²) >= 11 is 0. The van der Waals surface area contributed by atoms with Gasteiger partial charge >= 0.3 is 0 Å². The van der Waals surface area contributed by atoms with Crippen molar-refractivity contribution in [1.29, 1.82) is 0 Å². The Morgan fingerprint density at radius 2 is 2.09 bits per heavy atom. The minimum Gasteiger partial charge on any atom is -0.389 e. The van der Waals surface area contributed by atoms with E-state index in [4.69, 9.17) is 9.72 Å². The van der Waals surface area contributed by atoms with Gasteiger partial charge in [-0.2, -0.15) is 8.78 Å². The molecule has 4 aliphatic rings. The van der Waals surface area contributed by atoms with Gasteiger partial charge in [0.1, 0.15) is 5.69 Å². The van der Waals surface area contributed by atoms with Crippen LogP contribution in [-0.2, 0) is 34.0 Å². The molecule has 1 aromatic carbocycles. The van der Waals surface area contributed by atoms with E-state index in [-0.39, 0.29) is 36.4 Å². The molecule has 7 nitrogen and oxygen atoms in total. The van der Waals surface area contributed by atoms with Gasteiger partial charge in [-0.1, -0.05) is 12.1 Å². The van der Waals surface area contributed by atoms with Gasteiger partial charge < -0.3 is 20.1 Å². The number of amides is 1. The van der Waals surface area contributed by atoms with Crippen LogP contribution in [0.25, 0.3) is 11.3 Å². The summed E-state index contributed by atoms with van der Waals surface area (Å²) in [5.74, 6) is -2.76. The number of fused-ring (bicyclic) bond motifs is 3.